The van der Waals surface area contributed by atoms with E-state index in [1.165, 1.54) is 18.2 Å². The first kappa shape index (κ1) is 16.4. The van der Waals surface area contributed by atoms with Crippen LogP contribution in [0.5, 0.6) is 0 Å². The lowest BCUT2D eigenvalue weighted by molar-refractivity contribution is -0.119. The molecule has 0 fully saturated rings. The minimum atomic E-state index is -0.639. The van der Waals surface area contributed by atoms with Crippen LogP contribution in [0.2, 0.25) is 0 Å². The molecule has 0 unspecified atom stereocenters. The first-order valence-electron chi connectivity index (χ1n) is 7.32. The number of hydrogen-bond donors (Lipinski definition) is 1. The second-order valence-electron chi connectivity index (χ2n) is 5.04. The molecule has 2 aromatic carbocycles. The van der Waals surface area contributed by atoms with E-state index in [0.717, 1.165) is 16.7 Å². The largest absolute Gasteiger partial charge is 0.396 e. The van der Waals surface area contributed by atoms with E-state index in [1.54, 1.807) is 36.4 Å². The van der Waals surface area contributed by atoms with E-state index in [1.807, 2.05) is 0 Å². The van der Waals surface area contributed by atoms with Crippen molar-refractivity contribution in [3.05, 3.63) is 70.9 Å². The summed E-state index contributed by atoms with van der Waals surface area (Å²) in [6.07, 6.45) is 0. The van der Waals surface area contributed by atoms with Crippen molar-refractivity contribution in [2.24, 2.45) is 0 Å². The van der Waals surface area contributed by atoms with Crippen LogP contribution in [0.4, 0.5) is 10.1 Å². The number of imide groups is 1. The quantitative estimate of drug-likeness (QED) is 0.848. The molecular formula is C18H14FNO3S. The Labute approximate surface area is 142 Å². The van der Waals surface area contributed by atoms with Crippen LogP contribution in [0.15, 0.2) is 59.5 Å². The minimum Gasteiger partial charge on any atom is -0.396 e. The molecule has 6 heteroatoms. The van der Waals surface area contributed by atoms with Gasteiger partial charge in [0.2, 0.25) is 0 Å². The molecule has 0 aliphatic carbocycles. The molecule has 1 aliphatic rings. The number of amides is 2. The van der Waals surface area contributed by atoms with Gasteiger partial charge in [0, 0.05) is 5.75 Å². The highest BCUT2D eigenvalue weighted by Gasteiger charge is 2.40. The number of carbonyl (C=O) groups is 2. The Hall–Kier alpha value is -2.44. The van der Waals surface area contributed by atoms with Crippen molar-refractivity contribution >= 4 is 34.8 Å². The fourth-order valence-corrected chi connectivity index (χ4v) is 3.36. The number of halogens is 1. The monoisotopic (exact) mass is 343 g/mol. The maximum Gasteiger partial charge on any atom is 0.272 e. The van der Waals surface area contributed by atoms with Gasteiger partial charge in [-0.1, -0.05) is 42.5 Å². The zero-order valence-corrected chi connectivity index (χ0v) is 13.4. The van der Waals surface area contributed by atoms with Gasteiger partial charge in [-0.15, -0.1) is 11.8 Å². The normalized spacial score (nSPS) is 14.7. The maximum atomic E-state index is 14.1. The highest BCUT2D eigenvalue weighted by molar-refractivity contribution is 8.04. The van der Waals surface area contributed by atoms with Crippen molar-refractivity contribution < 1.29 is 19.1 Å². The number of nitrogens with zero attached hydrogens (tertiary/aromatic N) is 1. The highest BCUT2D eigenvalue weighted by Crippen LogP contribution is 2.38. The lowest BCUT2D eigenvalue weighted by Gasteiger charge is -2.15. The van der Waals surface area contributed by atoms with E-state index >= 15 is 0 Å². The molecule has 2 aromatic rings. The average molecular weight is 343 g/mol. The molecule has 2 amide bonds. The van der Waals surface area contributed by atoms with Gasteiger partial charge in [0.05, 0.1) is 22.8 Å². The van der Waals surface area contributed by atoms with Crippen LogP contribution in [-0.4, -0.2) is 29.3 Å². The highest BCUT2D eigenvalue weighted by atomic mass is 32.2. The average Bonchev–Trinajstić information content (AvgIpc) is 2.84. The molecule has 122 valence electrons. The molecule has 0 radical (unpaired) electrons. The van der Waals surface area contributed by atoms with Gasteiger partial charge in [-0.2, -0.15) is 0 Å². The third kappa shape index (κ3) is 2.86. The molecule has 0 saturated heterocycles. The number of rotatable bonds is 5. The standard InChI is InChI=1S/C18H14FNO3S/c19-13-8-4-5-9-14(13)20-17(22)15(12-6-2-1-3-7-12)16(18(20)23)24-11-10-21/h1-9,21H,10-11H2. The molecular weight excluding hydrogens is 329 g/mol. The van der Waals surface area contributed by atoms with Crippen molar-refractivity contribution in [1.29, 1.82) is 0 Å². The van der Waals surface area contributed by atoms with Gasteiger partial charge >= 0.3 is 0 Å². The van der Waals surface area contributed by atoms with E-state index in [2.05, 4.69) is 0 Å². The summed E-state index contributed by atoms with van der Waals surface area (Å²) in [7, 11) is 0. The van der Waals surface area contributed by atoms with Crippen molar-refractivity contribution in [3.63, 3.8) is 0 Å². The van der Waals surface area contributed by atoms with Gasteiger partial charge in [-0.05, 0) is 17.7 Å². The Bertz CT molecular complexity index is 820. The van der Waals surface area contributed by atoms with Gasteiger partial charge in [-0.25, -0.2) is 9.29 Å². The van der Waals surface area contributed by atoms with Gasteiger partial charge in [0.25, 0.3) is 11.8 Å². The summed E-state index contributed by atoms with van der Waals surface area (Å²) in [6, 6.07) is 14.5. The lowest BCUT2D eigenvalue weighted by Crippen LogP contribution is -2.32. The van der Waals surface area contributed by atoms with Gasteiger partial charge in [0.1, 0.15) is 5.82 Å². The first-order chi connectivity index (χ1) is 11.6. The Morgan fingerprint density at radius 1 is 0.958 bits per heavy atom. The van der Waals surface area contributed by atoms with Crippen LogP contribution in [0.25, 0.3) is 5.57 Å². The predicted octanol–water partition coefficient (Wildman–Crippen LogP) is 2.84. The number of thioether (sulfide) groups is 1. The number of para-hydroxylation sites is 1. The Kier molecular flexibility index (Phi) is 4.78. The number of hydrogen-bond acceptors (Lipinski definition) is 4. The summed E-state index contributed by atoms with van der Waals surface area (Å²) in [5.74, 6) is -1.49. The maximum absolute atomic E-state index is 14.1. The van der Waals surface area contributed by atoms with E-state index in [-0.39, 0.29) is 28.5 Å². The predicted molar refractivity (Wildman–Crippen MR) is 91.8 cm³/mol. The molecule has 4 nitrogen and oxygen atoms in total. The molecule has 1 aliphatic heterocycles. The molecule has 0 bridgehead atoms. The smallest absolute Gasteiger partial charge is 0.272 e. The second-order valence-corrected chi connectivity index (χ2v) is 6.14. The van der Waals surface area contributed by atoms with Crippen LogP contribution in [0.3, 0.4) is 0 Å². The summed E-state index contributed by atoms with van der Waals surface area (Å²) in [5.41, 5.74) is 0.762. The molecule has 0 atom stereocenters. The van der Waals surface area contributed by atoms with Crippen LogP contribution in [0, 0.1) is 5.82 Å². The molecule has 24 heavy (non-hydrogen) atoms. The number of aliphatic hydroxyl groups is 1. The zero-order chi connectivity index (χ0) is 17.1. The molecule has 0 saturated carbocycles. The number of aliphatic hydroxyl groups excluding tert-OH is 1. The summed E-state index contributed by atoms with van der Waals surface area (Å²) in [5, 5.41) is 9.05. The third-order valence-electron chi connectivity index (χ3n) is 3.53. The molecule has 1 heterocycles. The van der Waals surface area contributed by atoms with Crippen molar-refractivity contribution in [2.45, 2.75) is 0 Å². The van der Waals surface area contributed by atoms with Crippen molar-refractivity contribution in [2.75, 3.05) is 17.3 Å². The van der Waals surface area contributed by atoms with Crippen LogP contribution >= 0.6 is 11.8 Å². The van der Waals surface area contributed by atoms with Gasteiger partial charge in [-0.3, -0.25) is 9.59 Å². The minimum absolute atomic E-state index is 0.0690. The van der Waals surface area contributed by atoms with Gasteiger partial charge in [0.15, 0.2) is 0 Å². The van der Waals surface area contributed by atoms with Crippen LogP contribution < -0.4 is 4.90 Å². The number of carbonyl (C=O) groups excluding carboxylic acids is 2. The number of benzene rings is 2. The van der Waals surface area contributed by atoms with E-state index in [4.69, 9.17) is 5.11 Å². The second kappa shape index (κ2) is 6.98. The number of anilines is 1. The molecule has 0 spiro atoms. The third-order valence-corrected chi connectivity index (χ3v) is 4.59. The summed E-state index contributed by atoms with van der Waals surface area (Å²) >= 11 is 1.10. The SMILES string of the molecule is O=C1C(SCCO)=C(c2ccccc2)C(=O)N1c1ccccc1F. The molecule has 3 rings (SSSR count). The van der Waals surface area contributed by atoms with Crippen molar-refractivity contribution in [3.8, 4) is 0 Å². The summed E-state index contributed by atoms with van der Waals surface area (Å²) < 4.78 is 14.1. The van der Waals surface area contributed by atoms with E-state index in [9.17, 15) is 14.0 Å². The molecule has 1 N–H and O–H groups in total. The summed E-state index contributed by atoms with van der Waals surface area (Å²) in [4.78, 5) is 26.7. The van der Waals surface area contributed by atoms with Crippen molar-refractivity contribution in [1.82, 2.24) is 0 Å². The first-order valence-corrected chi connectivity index (χ1v) is 8.30. The Morgan fingerprint density at radius 2 is 1.62 bits per heavy atom. The Morgan fingerprint density at radius 3 is 2.29 bits per heavy atom. The zero-order valence-electron chi connectivity index (χ0n) is 12.6. The van der Waals surface area contributed by atoms with Gasteiger partial charge < -0.3 is 5.11 Å². The van der Waals surface area contributed by atoms with E-state index < -0.39 is 17.6 Å². The fraction of sp³-hybridized carbons (Fsp3) is 0.111. The molecule has 0 aromatic heterocycles. The topological polar surface area (TPSA) is 57.6 Å². The lowest BCUT2D eigenvalue weighted by atomic mass is 10.1. The summed E-state index contributed by atoms with van der Waals surface area (Å²) in [6.45, 7) is -0.128. The van der Waals surface area contributed by atoms with Crippen LogP contribution in [0.1, 0.15) is 5.56 Å². The van der Waals surface area contributed by atoms with E-state index in [0.29, 0.717) is 5.56 Å². The fourth-order valence-electron chi connectivity index (χ4n) is 2.50. The Balaban J connectivity index is 2.09. The van der Waals surface area contributed by atoms with Crippen LogP contribution in [-0.2, 0) is 9.59 Å².